The molecular formula is C22H27NO4S. The molecule has 0 bridgehead atoms. The van der Waals surface area contributed by atoms with Crippen LogP contribution in [0.25, 0.3) is 11.1 Å². The number of ether oxygens (including phenoxy) is 2. The zero-order valence-electron chi connectivity index (χ0n) is 16.7. The number of thioether (sulfide) groups is 1. The molecule has 5 nitrogen and oxygen atoms in total. The van der Waals surface area contributed by atoms with E-state index in [-0.39, 0.29) is 29.7 Å². The molecule has 2 N–H and O–H groups in total. The molecule has 0 saturated heterocycles. The first-order valence-electron chi connectivity index (χ1n) is 9.19. The highest BCUT2D eigenvalue weighted by atomic mass is 32.2. The van der Waals surface area contributed by atoms with Crippen molar-refractivity contribution >= 4 is 22.8 Å². The first-order valence-corrected chi connectivity index (χ1v) is 10.1. The maximum absolute atomic E-state index is 12.5. The molecule has 0 spiro atoms. The van der Waals surface area contributed by atoms with Gasteiger partial charge in [-0.2, -0.15) is 0 Å². The lowest BCUT2D eigenvalue weighted by Gasteiger charge is -2.21. The van der Waals surface area contributed by atoms with Crippen molar-refractivity contribution in [3.8, 4) is 16.9 Å². The van der Waals surface area contributed by atoms with E-state index in [1.54, 1.807) is 13.0 Å². The molecule has 0 radical (unpaired) electrons. The lowest BCUT2D eigenvalue weighted by atomic mass is 10.0. The molecule has 0 fully saturated rings. The third-order valence-electron chi connectivity index (χ3n) is 3.67. The van der Waals surface area contributed by atoms with Gasteiger partial charge in [0.2, 0.25) is 5.12 Å². The van der Waals surface area contributed by atoms with E-state index < -0.39 is 5.37 Å². The van der Waals surface area contributed by atoms with E-state index in [0.29, 0.717) is 5.56 Å². The third-order valence-corrected chi connectivity index (χ3v) is 4.55. The third kappa shape index (κ3) is 7.02. The van der Waals surface area contributed by atoms with Crippen molar-refractivity contribution in [3.05, 3.63) is 54.1 Å². The van der Waals surface area contributed by atoms with Crippen molar-refractivity contribution in [2.75, 3.05) is 6.61 Å². The molecule has 2 aromatic rings. The SMILES string of the molecule is CCC(=O)OCC(N)SC(=O)c1cccc(-c2ccc(OC(C)(C)C)cc2)c1. The summed E-state index contributed by atoms with van der Waals surface area (Å²) in [4.78, 5) is 23.7. The number of carbonyl (C=O) groups excluding carboxylic acids is 2. The average Bonchev–Trinajstić information content (AvgIpc) is 2.65. The minimum Gasteiger partial charge on any atom is -0.488 e. The average molecular weight is 402 g/mol. The highest BCUT2D eigenvalue weighted by molar-refractivity contribution is 8.14. The van der Waals surface area contributed by atoms with Crippen LogP contribution in [-0.4, -0.2) is 28.7 Å². The molecular weight excluding hydrogens is 374 g/mol. The van der Waals surface area contributed by atoms with Gasteiger partial charge in [-0.3, -0.25) is 9.59 Å². The predicted octanol–water partition coefficient (Wildman–Crippen LogP) is 4.64. The molecule has 0 heterocycles. The normalized spacial score (nSPS) is 12.3. The minimum absolute atomic E-state index is 0.0119. The Morgan fingerprint density at radius 1 is 1.07 bits per heavy atom. The van der Waals surface area contributed by atoms with Crippen LogP contribution < -0.4 is 10.5 Å². The summed E-state index contributed by atoms with van der Waals surface area (Å²) in [5.74, 6) is 0.469. The van der Waals surface area contributed by atoms with Crippen molar-refractivity contribution in [1.82, 2.24) is 0 Å². The molecule has 2 aromatic carbocycles. The predicted molar refractivity (Wildman–Crippen MR) is 113 cm³/mol. The molecule has 0 aromatic heterocycles. The largest absolute Gasteiger partial charge is 0.488 e. The Balaban J connectivity index is 2.05. The molecule has 1 unspecified atom stereocenters. The Hall–Kier alpha value is -2.31. The van der Waals surface area contributed by atoms with Crippen molar-refractivity contribution in [3.63, 3.8) is 0 Å². The Morgan fingerprint density at radius 3 is 2.36 bits per heavy atom. The Kier molecular flexibility index (Phi) is 7.66. The van der Waals surface area contributed by atoms with Crippen LogP contribution in [0.4, 0.5) is 0 Å². The number of hydrogen-bond acceptors (Lipinski definition) is 6. The number of hydrogen-bond donors (Lipinski definition) is 1. The van der Waals surface area contributed by atoms with Crippen LogP contribution >= 0.6 is 11.8 Å². The number of nitrogens with two attached hydrogens (primary N) is 1. The topological polar surface area (TPSA) is 78.6 Å². The van der Waals surface area contributed by atoms with Crippen LogP contribution in [-0.2, 0) is 9.53 Å². The molecule has 0 aliphatic rings. The van der Waals surface area contributed by atoms with Crippen LogP contribution in [0.15, 0.2) is 48.5 Å². The maximum atomic E-state index is 12.5. The van der Waals surface area contributed by atoms with Crippen molar-refractivity contribution in [2.24, 2.45) is 5.73 Å². The first-order chi connectivity index (χ1) is 13.2. The molecule has 2 rings (SSSR count). The van der Waals surface area contributed by atoms with Crippen molar-refractivity contribution < 1.29 is 19.1 Å². The van der Waals surface area contributed by atoms with E-state index in [2.05, 4.69) is 0 Å². The van der Waals surface area contributed by atoms with Gasteiger partial charge in [-0.05, 0) is 50.1 Å². The van der Waals surface area contributed by atoms with Gasteiger partial charge in [-0.1, -0.05) is 49.0 Å². The number of esters is 1. The van der Waals surface area contributed by atoms with Gasteiger partial charge in [0.15, 0.2) is 0 Å². The number of carbonyl (C=O) groups is 2. The standard InChI is InChI=1S/C22H27NO4S/c1-5-20(24)26-14-19(23)28-21(25)17-8-6-7-16(13-17)15-9-11-18(12-10-15)27-22(2,3)4/h6-13,19H,5,14,23H2,1-4H3. The summed E-state index contributed by atoms with van der Waals surface area (Å²) in [6.07, 6.45) is 0.285. The molecule has 0 amide bonds. The van der Waals surface area contributed by atoms with Crippen LogP contribution in [0.1, 0.15) is 44.5 Å². The van der Waals surface area contributed by atoms with E-state index in [4.69, 9.17) is 15.2 Å². The summed E-state index contributed by atoms with van der Waals surface area (Å²) in [6.45, 7) is 7.72. The Bertz CT molecular complexity index is 812. The summed E-state index contributed by atoms with van der Waals surface area (Å²) >= 11 is 0.959. The second kappa shape index (κ2) is 9.75. The fourth-order valence-corrected chi connectivity index (χ4v) is 3.09. The smallest absolute Gasteiger partial charge is 0.305 e. The Morgan fingerprint density at radius 2 is 1.75 bits per heavy atom. The minimum atomic E-state index is -0.597. The van der Waals surface area contributed by atoms with Crippen LogP contribution in [0.2, 0.25) is 0 Å². The molecule has 6 heteroatoms. The molecule has 0 aliphatic carbocycles. The quantitative estimate of drug-likeness (QED) is 0.538. The van der Waals surface area contributed by atoms with E-state index in [0.717, 1.165) is 28.6 Å². The van der Waals surface area contributed by atoms with E-state index in [9.17, 15) is 9.59 Å². The van der Waals surface area contributed by atoms with Gasteiger partial charge in [-0.25, -0.2) is 0 Å². The van der Waals surface area contributed by atoms with E-state index >= 15 is 0 Å². The second-order valence-electron chi connectivity index (χ2n) is 7.30. The zero-order chi connectivity index (χ0) is 20.7. The maximum Gasteiger partial charge on any atom is 0.305 e. The van der Waals surface area contributed by atoms with Crippen LogP contribution in [0.5, 0.6) is 5.75 Å². The zero-order valence-corrected chi connectivity index (χ0v) is 17.5. The summed E-state index contributed by atoms with van der Waals surface area (Å²) in [6, 6.07) is 15.1. The molecule has 0 aliphatic heterocycles. The van der Waals surface area contributed by atoms with Gasteiger partial charge in [0.25, 0.3) is 0 Å². The molecule has 1 atom stereocenters. The lowest BCUT2D eigenvalue weighted by Crippen LogP contribution is -2.25. The lowest BCUT2D eigenvalue weighted by molar-refractivity contribution is -0.143. The van der Waals surface area contributed by atoms with Gasteiger partial charge < -0.3 is 15.2 Å². The highest BCUT2D eigenvalue weighted by Crippen LogP contribution is 2.26. The molecule has 150 valence electrons. The first kappa shape index (κ1) is 22.0. The summed E-state index contributed by atoms with van der Waals surface area (Å²) < 4.78 is 10.8. The van der Waals surface area contributed by atoms with Gasteiger partial charge in [0.1, 0.15) is 18.0 Å². The molecule has 0 saturated carbocycles. The van der Waals surface area contributed by atoms with Crippen molar-refractivity contribution in [1.29, 1.82) is 0 Å². The summed E-state index contributed by atoms with van der Waals surface area (Å²) in [7, 11) is 0. The van der Waals surface area contributed by atoms with Gasteiger partial charge in [0.05, 0.1) is 5.37 Å². The van der Waals surface area contributed by atoms with Crippen LogP contribution in [0.3, 0.4) is 0 Å². The number of rotatable bonds is 7. The summed E-state index contributed by atoms with van der Waals surface area (Å²) in [5.41, 5.74) is 8.10. The fourth-order valence-electron chi connectivity index (χ4n) is 2.41. The van der Waals surface area contributed by atoms with E-state index in [1.165, 1.54) is 0 Å². The Labute approximate surface area is 170 Å². The summed E-state index contributed by atoms with van der Waals surface area (Å²) in [5, 5.41) is -0.755. The van der Waals surface area contributed by atoms with Gasteiger partial charge >= 0.3 is 5.97 Å². The number of benzene rings is 2. The molecule has 28 heavy (non-hydrogen) atoms. The second-order valence-corrected chi connectivity index (χ2v) is 8.51. The van der Waals surface area contributed by atoms with Crippen molar-refractivity contribution in [2.45, 2.75) is 45.1 Å². The van der Waals surface area contributed by atoms with Gasteiger partial charge in [-0.15, -0.1) is 0 Å². The van der Waals surface area contributed by atoms with E-state index in [1.807, 2.05) is 63.2 Å². The monoisotopic (exact) mass is 401 g/mol. The highest BCUT2D eigenvalue weighted by Gasteiger charge is 2.15. The van der Waals surface area contributed by atoms with Gasteiger partial charge in [0, 0.05) is 12.0 Å². The fraction of sp³-hybridized carbons (Fsp3) is 0.364. The van der Waals surface area contributed by atoms with Crippen LogP contribution in [0, 0.1) is 0 Å².